The zero-order valence-electron chi connectivity index (χ0n) is 16.2. The Morgan fingerprint density at radius 3 is 2.87 bits per heavy atom. The van der Waals surface area contributed by atoms with E-state index in [0.717, 1.165) is 11.3 Å². The molecule has 0 bridgehead atoms. The Bertz CT molecular complexity index is 1420. The molecule has 0 saturated carbocycles. The zero-order chi connectivity index (χ0) is 21.5. The minimum absolute atomic E-state index is 0.197. The van der Waals surface area contributed by atoms with Crippen LogP contribution in [0.5, 0.6) is 0 Å². The number of aromatic nitrogens is 3. The molecule has 31 heavy (non-hydrogen) atoms. The Morgan fingerprint density at radius 1 is 1.19 bits per heavy atom. The van der Waals surface area contributed by atoms with Gasteiger partial charge in [0.15, 0.2) is 0 Å². The molecule has 1 aliphatic rings. The molecule has 5 rings (SSSR count). The standard InChI is InChI=1S/C22H16Cl2N4O3/c23-13-3-4-18-14(8-13)19(24)16(22(30)31-18)11-28-7-5-17-15(10-28)21(29)27-20(26-17)12-2-1-6-25-9-12/h1-4,6,8-9H,5,7,10-11H2,(H,26,27,29). The molecule has 1 N–H and O–H groups in total. The van der Waals surface area contributed by atoms with Gasteiger partial charge in [-0.15, -0.1) is 0 Å². The van der Waals surface area contributed by atoms with Crippen molar-refractivity contribution >= 4 is 34.2 Å². The molecule has 0 unspecified atom stereocenters. The fourth-order valence-electron chi connectivity index (χ4n) is 3.79. The van der Waals surface area contributed by atoms with E-state index in [4.69, 9.17) is 27.6 Å². The number of benzene rings is 1. The third kappa shape index (κ3) is 3.76. The van der Waals surface area contributed by atoms with Gasteiger partial charge in [0, 0.05) is 54.4 Å². The van der Waals surface area contributed by atoms with E-state index in [1.165, 1.54) is 0 Å². The molecular formula is C22H16Cl2N4O3. The minimum Gasteiger partial charge on any atom is -0.422 e. The molecule has 0 fully saturated rings. The predicted molar refractivity (Wildman–Crippen MR) is 118 cm³/mol. The van der Waals surface area contributed by atoms with E-state index >= 15 is 0 Å². The molecule has 0 spiro atoms. The first-order valence-electron chi connectivity index (χ1n) is 9.65. The maximum absolute atomic E-state index is 12.7. The average Bonchev–Trinajstić information content (AvgIpc) is 2.78. The molecule has 9 heteroatoms. The third-order valence-electron chi connectivity index (χ3n) is 5.36. The number of H-pyrrole nitrogens is 1. The minimum atomic E-state index is -0.496. The highest BCUT2D eigenvalue weighted by Gasteiger charge is 2.24. The second kappa shape index (κ2) is 7.92. The summed E-state index contributed by atoms with van der Waals surface area (Å²) in [6, 6.07) is 8.58. The number of pyridine rings is 1. The maximum Gasteiger partial charge on any atom is 0.342 e. The molecule has 4 heterocycles. The number of fused-ring (bicyclic) bond motifs is 2. The number of halogens is 2. The fraction of sp³-hybridized carbons (Fsp3) is 0.182. The lowest BCUT2D eigenvalue weighted by Crippen LogP contribution is -2.36. The largest absolute Gasteiger partial charge is 0.422 e. The second-order valence-electron chi connectivity index (χ2n) is 7.36. The Labute approximate surface area is 186 Å². The summed E-state index contributed by atoms with van der Waals surface area (Å²) in [5.74, 6) is 0.500. The van der Waals surface area contributed by atoms with Gasteiger partial charge >= 0.3 is 5.63 Å². The summed E-state index contributed by atoms with van der Waals surface area (Å²) in [6.07, 6.45) is 3.91. The van der Waals surface area contributed by atoms with Crippen molar-refractivity contribution in [3.8, 4) is 11.4 Å². The van der Waals surface area contributed by atoms with Crippen LogP contribution in [0.3, 0.4) is 0 Å². The SMILES string of the molecule is O=c1[nH]c(-c2cccnc2)nc2c1CN(Cc1c(Cl)c3cc(Cl)ccc3oc1=O)CC2. The van der Waals surface area contributed by atoms with Crippen LogP contribution in [-0.4, -0.2) is 26.4 Å². The van der Waals surface area contributed by atoms with Crippen molar-refractivity contribution in [3.05, 3.63) is 90.4 Å². The Kier molecular flexibility index (Phi) is 5.09. The van der Waals surface area contributed by atoms with Gasteiger partial charge in [-0.05, 0) is 30.3 Å². The smallest absolute Gasteiger partial charge is 0.342 e. The molecule has 1 aliphatic heterocycles. The topological polar surface area (TPSA) is 92.1 Å². The van der Waals surface area contributed by atoms with Crippen LogP contribution in [0.15, 0.2) is 56.7 Å². The van der Waals surface area contributed by atoms with Gasteiger partial charge in [-0.25, -0.2) is 9.78 Å². The lowest BCUT2D eigenvalue weighted by Gasteiger charge is -2.27. The maximum atomic E-state index is 12.7. The van der Waals surface area contributed by atoms with Crippen molar-refractivity contribution in [2.45, 2.75) is 19.5 Å². The predicted octanol–water partition coefficient (Wildman–Crippen LogP) is 3.80. The van der Waals surface area contributed by atoms with E-state index in [1.807, 2.05) is 11.0 Å². The summed E-state index contributed by atoms with van der Waals surface area (Å²) in [6.45, 7) is 1.24. The highest BCUT2D eigenvalue weighted by Crippen LogP contribution is 2.29. The summed E-state index contributed by atoms with van der Waals surface area (Å²) < 4.78 is 5.42. The quantitative estimate of drug-likeness (QED) is 0.473. The first kappa shape index (κ1) is 19.9. The first-order valence-corrected chi connectivity index (χ1v) is 10.4. The number of nitrogens with one attached hydrogen (secondary N) is 1. The van der Waals surface area contributed by atoms with Gasteiger partial charge in [0.25, 0.3) is 5.56 Å². The summed E-state index contributed by atoms with van der Waals surface area (Å²) in [5.41, 5.74) is 2.13. The number of hydrogen-bond donors (Lipinski definition) is 1. The number of aromatic amines is 1. The van der Waals surface area contributed by atoms with Crippen LogP contribution < -0.4 is 11.2 Å². The van der Waals surface area contributed by atoms with E-state index in [0.29, 0.717) is 57.5 Å². The zero-order valence-corrected chi connectivity index (χ0v) is 17.7. The lowest BCUT2D eigenvalue weighted by atomic mass is 10.1. The van der Waals surface area contributed by atoms with E-state index in [2.05, 4.69) is 15.0 Å². The van der Waals surface area contributed by atoms with Crippen LogP contribution >= 0.6 is 23.2 Å². The van der Waals surface area contributed by atoms with Gasteiger partial charge < -0.3 is 9.40 Å². The van der Waals surface area contributed by atoms with E-state index in [9.17, 15) is 9.59 Å². The van der Waals surface area contributed by atoms with Gasteiger partial charge in [-0.3, -0.25) is 14.7 Å². The Morgan fingerprint density at radius 2 is 2.06 bits per heavy atom. The highest BCUT2D eigenvalue weighted by molar-refractivity contribution is 6.37. The van der Waals surface area contributed by atoms with E-state index < -0.39 is 5.63 Å². The highest BCUT2D eigenvalue weighted by atomic mass is 35.5. The summed E-state index contributed by atoms with van der Waals surface area (Å²) in [4.78, 5) is 38.8. The number of nitrogens with zero attached hydrogens (tertiary/aromatic N) is 3. The van der Waals surface area contributed by atoms with Crippen molar-refractivity contribution in [1.82, 2.24) is 19.9 Å². The molecule has 3 aromatic heterocycles. The summed E-state index contributed by atoms with van der Waals surface area (Å²) in [7, 11) is 0. The van der Waals surface area contributed by atoms with Crippen LogP contribution in [0.1, 0.15) is 16.8 Å². The molecule has 156 valence electrons. The molecule has 4 aromatic rings. The molecule has 7 nitrogen and oxygen atoms in total. The Hall–Kier alpha value is -3.00. The van der Waals surface area contributed by atoms with E-state index in [1.54, 1.807) is 36.7 Å². The van der Waals surface area contributed by atoms with Crippen molar-refractivity contribution in [2.24, 2.45) is 0 Å². The Balaban J connectivity index is 1.46. The lowest BCUT2D eigenvalue weighted by molar-refractivity contribution is 0.239. The van der Waals surface area contributed by atoms with Gasteiger partial charge in [-0.2, -0.15) is 0 Å². The average molecular weight is 455 g/mol. The monoisotopic (exact) mass is 454 g/mol. The molecule has 0 aliphatic carbocycles. The van der Waals surface area contributed by atoms with Gasteiger partial charge in [0.1, 0.15) is 11.4 Å². The van der Waals surface area contributed by atoms with Gasteiger partial charge in [-0.1, -0.05) is 23.2 Å². The molecule has 0 atom stereocenters. The molecular weight excluding hydrogens is 439 g/mol. The second-order valence-corrected chi connectivity index (χ2v) is 8.18. The normalized spacial score (nSPS) is 14.0. The van der Waals surface area contributed by atoms with Crippen molar-refractivity contribution in [2.75, 3.05) is 6.54 Å². The summed E-state index contributed by atoms with van der Waals surface area (Å²) >= 11 is 12.6. The van der Waals surface area contributed by atoms with Crippen molar-refractivity contribution in [3.63, 3.8) is 0 Å². The van der Waals surface area contributed by atoms with Crippen molar-refractivity contribution < 1.29 is 4.42 Å². The molecule has 0 radical (unpaired) electrons. The first-order chi connectivity index (χ1) is 15.0. The molecule has 1 aromatic carbocycles. The van der Waals surface area contributed by atoms with Gasteiger partial charge in [0.2, 0.25) is 0 Å². The van der Waals surface area contributed by atoms with Crippen molar-refractivity contribution in [1.29, 1.82) is 0 Å². The third-order valence-corrected chi connectivity index (χ3v) is 6.02. The number of hydrogen-bond acceptors (Lipinski definition) is 6. The summed E-state index contributed by atoms with van der Waals surface area (Å²) in [5, 5.41) is 1.41. The fourth-order valence-corrected chi connectivity index (χ4v) is 4.25. The van der Waals surface area contributed by atoms with Crippen LogP contribution in [0.2, 0.25) is 10.0 Å². The van der Waals surface area contributed by atoms with Crippen LogP contribution in [-0.2, 0) is 19.5 Å². The number of rotatable bonds is 3. The van der Waals surface area contributed by atoms with E-state index in [-0.39, 0.29) is 12.1 Å². The molecule has 0 saturated heterocycles. The van der Waals surface area contributed by atoms with Gasteiger partial charge in [0.05, 0.1) is 21.8 Å². The van der Waals surface area contributed by atoms with Crippen LogP contribution in [0.25, 0.3) is 22.4 Å². The molecule has 0 amide bonds. The van der Waals surface area contributed by atoms with Crippen LogP contribution in [0.4, 0.5) is 0 Å². The van der Waals surface area contributed by atoms with Crippen LogP contribution in [0, 0.1) is 0 Å².